The molecule has 10 heteroatoms. The lowest BCUT2D eigenvalue weighted by Gasteiger charge is -2.21. The van der Waals surface area contributed by atoms with Crippen molar-refractivity contribution in [3.63, 3.8) is 0 Å². The van der Waals surface area contributed by atoms with Crippen molar-refractivity contribution in [3.8, 4) is 11.5 Å². The summed E-state index contributed by atoms with van der Waals surface area (Å²) >= 11 is 0. The molecule has 0 N–H and O–H groups in total. The molecule has 2 aliphatic rings. The van der Waals surface area contributed by atoms with Crippen LogP contribution in [0.2, 0.25) is 0 Å². The highest BCUT2D eigenvalue weighted by Gasteiger charge is 2.55. The van der Waals surface area contributed by atoms with E-state index < -0.39 is 35.5 Å². The van der Waals surface area contributed by atoms with E-state index in [1.54, 1.807) is 18.2 Å². The second-order valence-corrected chi connectivity index (χ2v) is 6.12. The Hall–Kier alpha value is -3.56. The Morgan fingerprint density at radius 3 is 2.18 bits per heavy atom. The molecule has 0 aliphatic carbocycles. The number of benzene rings is 2. The Labute approximate surface area is 157 Å². The molecule has 1 fully saturated rings. The number of halogens is 2. The number of carbonyl (C=O) groups excluding carboxylic acids is 2. The minimum Gasteiger partial charge on any atom is -0.497 e. The van der Waals surface area contributed by atoms with Crippen molar-refractivity contribution >= 4 is 23.2 Å². The minimum atomic E-state index is -1.16. The van der Waals surface area contributed by atoms with Crippen LogP contribution in [0.15, 0.2) is 46.7 Å². The molecule has 0 bridgehead atoms. The monoisotopic (exact) mass is 388 g/mol. The van der Waals surface area contributed by atoms with E-state index in [2.05, 4.69) is 10.3 Å². The Balaban J connectivity index is 1.71. The summed E-state index contributed by atoms with van der Waals surface area (Å²) in [4.78, 5) is 26.4. The average Bonchev–Trinajstić information content (AvgIpc) is 3.24. The van der Waals surface area contributed by atoms with Crippen LogP contribution < -0.4 is 19.4 Å². The maximum Gasteiger partial charge on any atom is 0.263 e. The molecule has 1 saturated heterocycles. The summed E-state index contributed by atoms with van der Waals surface area (Å²) in [6.45, 7) is 0. The van der Waals surface area contributed by atoms with Gasteiger partial charge in [-0.25, -0.2) is 18.7 Å². The van der Waals surface area contributed by atoms with E-state index in [0.29, 0.717) is 17.2 Å². The van der Waals surface area contributed by atoms with Gasteiger partial charge in [0.2, 0.25) is 0 Å². The van der Waals surface area contributed by atoms with Gasteiger partial charge in [-0.2, -0.15) is 5.11 Å². The summed E-state index contributed by atoms with van der Waals surface area (Å²) < 4.78 is 37.2. The van der Waals surface area contributed by atoms with Gasteiger partial charge in [0, 0.05) is 24.3 Å². The van der Waals surface area contributed by atoms with Crippen LogP contribution in [-0.2, 0) is 9.59 Å². The van der Waals surface area contributed by atoms with E-state index in [0.717, 1.165) is 23.1 Å². The number of ether oxygens (including phenoxy) is 2. The van der Waals surface area contributed by atoms with E-state index >= 15 is 0 Å². The van der Waals surface area contributed by atoms with Gasteiger partial charge >= 0.3 is 0 Å². The fourth-order valence-electron chi connectivity index (χ4n) is 3.18. The molecule has 0 unspecified atom stereocenters. The number of anilines is 2. The first-order chi connectivity index (χ1) is 13.4. The molecule has 2 heterocycles. The first-order valence-corrected chi connectivity index (χ1v) is 8.20. The standard InChI is InChI=1S/C18H14F2N4O4/c1-27-11-5-10(6-12(8-11)28-2)24-16-15(21-22-24)17(25)23(18(16)26)9-3-4-13(19)14(20)7-9/h3-8,15-16H,1-2H3/t15-,16-/m0/s1. The molecule has 4 rings (SSSR count). The van der Waals surface area contributed by atoms with Crippen LogP contribution in [0.4, 0.5) is 20.2 Å². The Morgan fingerprint density at radius 2 is 1.57 bits per heavy atom. The predicted octanol–water partition coefficient (Wildman–Crippen LogP) is 2.48. The number of fused-ring (bicyclic) bond motifs is 1. The van der Waals surface area contributed by atoms with E-state index in [1.807, 2.05) is 0 Å². The number of methoxy groups -OCH3 is 2. The molecular formula is C18H14F2N4O4. The van der Waals surface area contributed by atoms with Gasteiger partial charge in [-0.1, -0.05) is 5.22 Å². The molecular weight excluding hydrogens is 374 g/mol. The predicted molar refractivity (Wildman–Crippen MR) is 93.3 cm³/mol. The summed E-state index contributed by atoms with van der Waals surface area (Å²) in [5, 5.41) is 9.14. The third-order valence-corrected chi connectivity index (χ3v) is 4.54. The fourth-order valence-corrected chi connectivity index (χ4v) is 3.18. The average molecular weight is 388 g/mol. The lowest BCUT2D eigenvalue weighted by atomic mass is 10.1. The number of imide groups is 1. The van der Waals surface area contributed by atoms with Crippen LogP contribution in [0.3, 0.4) is 0 Å². The van der Waals surface area contributed by atoms with Crippen LogP contribution in [0.5, 0.6) is 11.5 Å². The van der Waals surface area contributed by atoms with E-state index in [9.17, 15) is 18.4 Å². The molecule has 2 amide bonds. The van der Waals surface area contributed by atoms with Gasteiger partial charge in [0.1, 0.15) is 11.5 Å². The molecule has 2 aromatic rings. The van der Waals surface area contributed by atoms with Crippen molar-refractivity contribution in [1.82, 2.24) is 0 Å². The van der Waals surface area contributed by atoms with E-state index in [4.69, 9.17) is 9.47 Å². The van der Waals surface area contributed by atoms with Gasteiger partial charge < -0.3 is 9.47 Å². The maximum atomic E-state index is 13.6. The van der Waals surface area contributed by atoms with E-state index in [1.165, 1.54) is 19.2 Å². The molecule has 0 radical (unpaired) electrons. The van der Waals surface area contributed by atoms with Gasteiger partial charge in [0.25, 0.3) is 11.8 Å². The number of carbonyl (C=O) groups is 2. The summed E-state index contributed by atoms with van der Waals surface area (Å²) in [5.74, 6) is -2.63. The summed E-state index contributed by atoms with van der Waals surface area (Å²) in [6.07, 6.45) is 0. The molecule has 2 atom stereocenters. The quantitative estimate of drug-likeness (QED) is 0.752. The van der Waals surface area contributed by atoms with Crippen LogP contribution in [0.25, 0.3) is 0 Å². The topological polar surface area (TPSA) is 83.8 Å². The fraction of sp³-hybridized carbons (Fsp3) is 0.222. The van der Waals surface area contributed by atoms with Crippen molar-refractivity contribution in [3.05, 3.63) is 48.0 Å². The minimum absolute atomic E-state index is 0.0679. The third kappa shape index (κ3) is 2.65. The van der Waals surface area contributed by atoms with Gasteiger partial charge in [-0.05, 0) is 12.1 Å². The first kappa shape index (κ1) is 17.8. The zero-order valence-corrected chi connectivity index (χ0v) is 14.8. The second kappa shape index (κ2) is 6.55. The highest BCUT2D eigenvalue weighted by molar-refractivity contribution is 6.26. The number of nitrogens with zero attached hydrogens (tertiary/aromatic N) is 4. The zero-order chi connectivity index (χ0) is 20.0. The lowest BCUT2D eigenvalue weighted by molar-refractivity contribution is -0.121. The van der Waals surface area contributed by atoms with Crippen molar-refractivity contribution in [2.45, 2.75) is 12.1 Å². The smallest absolute Gasteiger partial charge is 0.263 e. The second-order valence-electron chi connectivity index (χ2n) is 6.12. The van der Waals surface area contributed by atoms with Crippen LogP contribution in [0, 0.1) is 11.6 Å². The summed E-state index contributed by atoms with van der Waals surface area (Å²) in [7, 11) is 2.95. The highest BCUT2D eigenvalue weighted by Crippen LogP contribution is 2.37. The Morgan fingerprint density at radius 1 is 0.893 bits per heavy atom. The molecule has 8 nitrogen and oxygen atoms in total. The summed E-state index contributed by atoms with van der Waals surface area (Å²) in [5.41, 5.74) is 0.363. The molecule has 0 aromatic heterocycles. The Bertz CT molecular complexity index is 991. The normalized spacial score (nSPS) is 20.7. The van der Waals surface area contributed by atoms with Gasteiger partial charge in [0.15, 0.2) is 23.7 Å². The van der Waals surface area contributed by atoms with Gasteiger partial charge in [0.05, 0.1) is 25.6 Å². The van der Waals surface area contributed by atoms with Gasteiger partial charge in [-0.15, -0.1) is 0 Å². The highest BCUT2D eigenvalue weighted by atomic mass is 19.2. The van der Waals surface area contributed by atoms with Gasteiger partial charge in [-0.3, -0.25) is 9.59 Å². The molecule has 2 aliphatic heterocycles. The van der Waals surface area contributed by atoms with Crippen molar-refractivity contribution in [2.24, 2.45) is 10.3 Å². The van der Waals surface area contributed by atoms with Crippen LogP contribution in [0.1, 0.15) is 0 Å². The lowest BCUT2D eigenvalue weighted by Crippen LogP contribution is -2.40. The third-order valence-electron chi connectivity index (χ3n) is 4.54. The van der Waals surface area contributed by atoms with Crippen molar-refractivity contribution < 1.29 is 27.8 Å². The Kier molecular flexibility index (Phi) is 4.17. The maximum absolute atomic E-state index is 13.6. The van der Waals surface area contributed by atoms with Crippen LogP contribution in [-0.4, -0.2) is 38.1 Å². The number of hydrogen-bond acceptors (Lipinski definition) is 7. The number of amides is 2. The molecule has 0 saturated carbocycles. The molecule has 2 aromatic carbocycles. The van der Waals surface area contributed by atoms with Crippen molar-refractivity contribution in [1.29, 1.82) is 0 Å². The number of rotatable bonds is 4. The van der Waals surface area contributed by atoms with Crippen molar-refractivity contribution in [2.75, 3.05) is 24.1 Å². The first-order valence-electron chi connectivity index (χ1n) is 8.20. The molecule has 0 spiro atoms. The van der Waals surface area contributed by atoms with Crippen LogP contribution >= 0.6 is 0 Å². The zero-order valence-electron chi connectivity index (χ0n) is 14.8. The molecule has 144 valence electrons. The summed E-state index contributed by atoms with van der Waals surface area (Å²) in [6, 6.07) is 5.54. The largest absolute Gasteiger partial charge is 0.497 e. The number of hydrogen-bond donors (Lipinski definition) is 0. The van der Waals surface area contributed by atoms with E-state index in [-0.39, 0.29) is 5.69 Å². The molecule has 28 heavy (non-hydrogen) atoms. The SMILES string of the molecule is COc1cc(OC)cc(N2N=N[C@@H]3C(=O)N(c4ccc(F)c(F)c4)C(=O)[C@H]32)c1.